The van der Waals surface area contributed by atoms with Gasteiger partial charge in [-0.25, -0.2) is 4.98 Å². The molecule has 2 aromatic heterocycles. The van der Waals surface area contributed by atoms with Crippen molar-refractivity contribution in [1.82, 2.24) is 41.5 Å². The van der Waals surface area contributed by atoms with E-state index in [4.69, 9.17) is 0 Å². The normalized spacial score (nSPS) is 16.0. The maximum atomic E-state index is 13.9. The first kappa shape index (κ1) is 33.9. The van der Waals surface area contributed by atoms with Gasteiger partial charge in [0.2, 0.25) is 29.5 Å². The fourth-order valence-corrected chi connectivity index (χ4v) is 5.98. The van der Waals surface area contributed by atoms with E-state index < -0.39 is 47.8 Å². The molecule has 2 aromatic carbocycles. The number of benzene rings is 2. The van der Waals surface area contributed by atoms with E-state index in [0.29, 0.717) is 31.5 Å². The summed E-state index contributed by atoms with van der Waals surface area (Å²) < 4.78 is 0. The lowest BCUT2D eigenvalue weighted by Gasteiger charge is -2.26. The fraction of sp³-hybridized carbons (Fsp3) is 0.371. The van der Waals surface area contributed by atoms with Gasteiger partial charge in [0.1, 0.15) is 24.2 Å². The Kier molecular flexibility index (Phi) is 11.2. The molecule has 5 amide bonds. The molecule has 0 saturated carbocycles. The van der Waals surface area contributed by atoms with Crippen molar-refractivity contribution in [2.75, 3.05) is 0 Å². The Labute approximate surface area is 278 Å². The lowest BCUT2D eigenvalue weighted by Crippen LogP contribution is -2.59. The number of imidazole rings is 1. The maximum absolute atomic E-state index is 13.9. The van der Waals surface area contributed by atoms with E-state index in [1.165, 1.54) is 13.3 Å². The van der Waals surface area contributed by atoms with Crippen LogP contribution in [0.4, 0.5) is 0 Å². The minimum absolute atomic E-state index is 0.133. The van der Waals surface area contributed by atoms with E-state index in [1.54, 1.807) is 6.20 Å². The van der Waals surface area contributed by atoms with Crippen molar-refractivity contribution < 1.29 is 24.0 Å². The number of fused-ring (bicyclic) bond motifs is 3. The molecule has 48 heavy (non-hydrogen) atoms. The lowest BCUT2D eigenvalue weighted by atomic mass is 10.0. The fourth-order valence-electron chi connectivity index (χ4n) is 5.98. The number of amides is 5. The van der Waals surface area contributed by atoms with E-state index in [-0.39, 0.29) is 18.7 Å². The van der Waals surface area contributed by atoms with Crippen LogP contribution < -0.4 is 26.6 Å². The Morgan fingerprint density at radius 3 is 2.31 bits per heavy atom. The highest BCUT2D eigenvalue weighted by atomic mass is 16.2. The molecule has 4 atom stereocenters. The lowest BCUT2D eigenvalue weighted by molar-refractivity contribution is -0.134. The second-order valence-electron chi connectivity index (χ2n) is 12.1. The molecular formula is C35H42N8O5. The molecule has 0 aliphatic carbocycles. The van der Waals surface area contributed by atoms with Crippen LogP contribution in [0.1, 0.15) is 55.6 Å². The van der Waals surface area contributed by atoms with Crippen LogP contribution in [0.2, 0.25) is 0 Å². The molecule has 0 bridgehead atoms. The number of rotatable bonds is 14. The van der Waals surface area contributed by atoms with Crippen molar-refractivity contribution in [2.24, 2.45) is 0 Å². The number of unbranched alkanes of at least 4 members (excludes halogenated alkanes) is 1. The number of H-pyrrole nitrogens is 2. The van der Waals surface area contributed by atoms with Gasteiger partial charge in [0.25, 0.3) is 0 Å². The quantitative estimate of drug-likeness (QED) is 0.108. The Morgan fingerprint density at radius 2 is 1.60 bits per heavy atom. The molecule has 1 aliphatic rings. The summed E-state index contributed by atoms with van der Waals surface area (Å²) in [6.07, 6.45) is 5.36. The van der Waals surface area contributed by atoms with E-state index in [9.17, 15) is 24.0 Å². The van der Waals surface area contributed by atoms with Gasteiger partial charge in [-0.1, -0.05) is 68.3 Å². The number of aromatic nitrogens is 3. The first-order valence-electron chi connectivity index (χ1n) is 16.3. The van der Waals surface area contributed by atoms with Gasteiger partial charge in [0.15, 0.2) is 0 Å². The van der Waals surface area contributed by atoms with Crippen LogP contribution in [0, 0.1) is 0 Å². The molecular weight excluding hydrogens is 612 g/mol. The van der Waals surface area contributed by atoms with Crippen LogP contribution in [-0.2, 0) is 49.8 Å². The molecule has 252 valence electrons. The molecule has 1 aliphatic heterocycles. The number of nitrogens with zero attached hydrogens (tertiary/aromatic N) is 1. The monoisotopic (exact) mass is 654 g/mol. The predicted octanol–water partition coefficient (Wildman–Crippen LogP) is 1.70. The topological polar surface area (TPSA) is 190 Å². The van der Waals surface area contributed by atoms with Crippen LogP contribution in [-0.4, -0.2) is 68.7 Å². The van der Waals surface area contributed by atoms with Crippen LogP contribution >= 0.6 is 0 Å². The summed E-state index contributed by atoms with van der Waals surface area (Å²) in [5.41, 5.74) is 4.22. The number of carbonyl (C=O) groups excluding carboxylic acids is 5. The Hall–Kier alpha value is -5.46. The highest BCUT2D eigenvalue weighted by Gasteiger charge is 2.33. The number of nitrogens with one attached hydrogen (secondary N) is 7. The highest BCUT2D eigenvalue weighted by molar-refractivity contribution is 5.96. The molecule has 3 heterocycles. The van der Waals surface area contributed by atoms with Crippen LogP contribution in [0.3, 0.4) is 0 Å². The molecule has 0 unspecified atom stereocenters. The molecule has 7 N–H and O–H groups in total. The summed E-state index contributed by atoms with van der Waals surface area (Å²) in [4.78, 5) is 76.6. The van der Waals surface area contributed by atoms with Crippen molar-refractivity contribution in [3.63, 3.8) is 0 Å². The third-order valence-corrected chi connectivity index (χ3v) is 8.45. The number of hydrogen-bond donors (Lipinski definition) is 7. The van der Waals surface area contributed by atoms with Gasteiger partial charge in [0, 0.05) is 54.7 Å². The zero-order valence-corrected chi connectivity index (χ0v) is 27.1. The average molecular weight is 655 g/mol. The van der Waals surface area contributed by atoms with Gasteiger partial charge in [-0.05, 0) is 23.6 Å². The number of para-hydroxylation sites is 1. The molecule has 13 nitrogen and oxygen atoms in total. The zero-order chi connectivity index (χ0) is 34.0. The number of hydrogen-bond acceptors (Lipinski definition) is 6. The Morgan fingerprint density at radius 1 is 0.896 bits per heavy atom. The molecule has 0 radical (unpaired) electrons. The van der Waals surface area contributed by atoms with E-state index in [0.717, 1.165) is 34.1 Å². The van der Waals surface area contributed by atoms with Crippen molar-refractivity contribution in [3.8, 4) is 0 Å². The third kappa shape index (κ3) is 8.66. The minimum atomic E-state index is -1.06. The smallest absolute Gasteiger partial charge is 0.243 e. The predicted molar refractivity (Wildman–Crippen MR) is 179 cm³/mol. The Balaban J connectivity index is 1.33. The summed E-state index contributed by atoms with van der Waals surface area (Å²) in [5.74, 6) is -2.32. The van der Waals surface area contributed by atoms with Crippen LogP contribution in [0.15, 0.2) is 67.1 Å². The number of aromatic amines is 2. The standard InChI is InChI=1S/C35H42N8O5/c1-3-4-13-27(33(46)43-30-17-25-24-12-8-9-14-26(24)40-31(25)19-37-32(30)45)41-34(47)28(15-22-10-6-5-7-11-22)42-35(48)29(39-21(2)44)16-23-18-36-20-38-23/h5-12,14,18,20,27-30,40H,3-4,13,15-17,19H2,1-2H3,(H,36,38)(H,37,45)(H,39,44)(H,41,47)(H,42,48)(H,43,46)/t27-,28+,29-,30-/m0/s1. The molecule has 0 fully saturated rings. The summed E-state index contributed by atoms with van der Waals surface area (Å²) in [7, 11) is 0. The Bertz CT molecular complexity index is 1740. The van der Waals surface area contributed by atoms with Crippen molar-refractivity contribution >= 4 is 40.4 Å². The summed E-state index contributed by atoms with van der Waals surface area (Å²) in [6, 6.07) is 13.2. The summed E-state index contributed by atoms with van der Waals surface area (Å²) in [5, 5.41) is 15.1. The van der Waals surface area contributed by atoms with Crippen molar-refractivity contribution in [2.45, 2.75) is 83.1 Å². The minimum Gasteiger partial charge on any atom is -0.357 e. The first-order valence-corrected chi connectivity index (χ1v) is 16.3. The molecule has 13 heteroatoms. The van der Waals surface area contributed by atoms with Gasteiger partial charge < -0.3 is 36.6 Å². The van der Waals surface area contributed by atoms with E-state index >= 15 is 0 Å². The number of carbonyl (C=O) groups is 5. The second-order valence-corrected chi connectivity index (χ2v) is 12.1. The van der Waals surface area contributed by atoms with E-state index in [2.05, 4.69) is 41.5 Å². The highest BCUT2D eigenvalue weighted by Crippen LogP contribution is 2.25. The van der Waals surface area contributed by atoms with Gasteiger partial charge >= 0.3 is 0 Å². The third-order valence-electron chi connectivity index (χ3n) is 8.45. The van der Waals surface area contributed by atoms with E-state index in [1.807, 2.05) is 61.5 Å². The molecule has 0 spiro atoms. The second kappa shape index (κ2) is 15.9. The van der Waals surface area contributed by atoms with Gasteiger partial charge in [-0.15, -0.1) is 0 Å². The first-order chi connectivity index (χ1) is 23.2. The van der Waals surface area contributed by atoms with Crippen LogP contribution in [0.5, 0.6) is 0 Å². The molecule has 5 rings (SSSR count). The largest absolute Gasteiger partial charge is 0.357 e. The average Bonchev–Trinajstić information content (AvgIpc) is 3.69. The summed E-state index contributed by atoms with van der Waals surface area (Å²) >= 11 is 0. The summed E-state index contributed by atoms with van der Waals surface area (Å²) in [6.45, 7) is 3.60. The zero-order valence-electron chi connectivity index (χ0n) is 27.1. The van der Waals surface area contributed by atoms with Gasteiger partial charge in [-0.3, -0.25) is 24.0 Å². The van der Waals surface area contributed by atoms with Gasteiger partial charge in [0.05, 0.1) is 12.9 Å². The van der Waals surface area contributed by atoms with Crippen LogP contribution in [0.25, 0.3) is 10.9 Å². The van der Waals surface area contributed by atoms with Crippen molar-refractivity contribution in [3.05, 3.63) is 89.6 Å². The SMILES string of the molecule is CCCC[C@H](NC(=O)[C@@H](Cc1ccccc1)NC(=O)[C@H](Cc1cnc[nH]1)NC(C)=O)C(=O)N[C@H]1Cc2c([nH]c3ccccc23)CNC1=O. The molecule has 0 saturated heterocycles. The van der Waals surface area contributed by atoms with Crippen molar-refractivity contribution in [1.29, 1.82) is 0 Å². The maximum Gasteiger partial charge on any atom is 0.243 e. The van der Waals surface area contributed by atoms with Gasteiger partial charge in [-0.2, -0.15) is 0 Å². The molecule has 4 aromatic rings.